The molecule has 132 valence electrons. The van der Waals surface area contributed by atoms with E-state index in [2.05, 4.69) is 9.97 Å². The Morgan fingerprint density at radius 2 is 1.74 bits per heavy atom. The molecule has 2 aromatic heterocycles. The van der Waals surface area contributed by atoms with Crippen molar-refractivity contribution in [1.82, 2.24) is 9.97 Å². The van der Waals surface area contributed by atoms with Crippen molar-refractivity contribution in [3.8, 4) is 10.1 Å². The molecule has 0 radical (unpaired) electrons. The minimum absolute atomic E-state index is 0.0228. The molecule has 5 rings (SSSR count). The molecular weight excluding hydrogens is 416 g/mol. The van der Waals surface area contributed by atoms with E-state index in [1.165, 1.54) is 18.2 Å². The summed E-state index contributed by atoms with van der Waals surface area (Å²) in [6.45, 7) is 0. The van der Waals surface area contributed by atoms with Crippen LogP contribution in [0.3, 0.4) is 0 Å². The molecule has 0 amide bonds. The molecule has 0 unspecified atom stereocenters. The number of rotatable bonds is 1. The quantitative estimate of drug-likeness (QED) is 0.252. The van der Waals surface area contributed by atoms with Crippen molar-refractivity contribution < 1.29 is 20.0 Å². The number of aromatic nitrogens is 2. The summed E-state index contributed by atoms with van der Waals surface area (Å²) >= 11 is -0.635. The average molecular weight is 432 g/mol. The molecule has 0 saturated carbocycles. The van der Waals surface area contributed by atoms with E-state index < -0.39 is 32.5 Å². The summed E-state index contributed by atoms with van der Waals surface area (Å²) in [7, 11) is 0. The number of benzene rings is 3. The summed E-state index contributed by atoms with van der Waals surface area (Å²) in [4.78, 5) is 7.94. The van der Waals surface area contributed by atoms with Gasteiger partial charge in [0.15, 0.2) is 0 Å². The van der Waals surface area contributed by atoms with Crippen molar-refractivity contribution in [2.75, 3.05) is 0 Å². The van der Waals surface area contributed by atoms with E-state index in [4.69, 9.17) is 6.85 Å². The van der Waals surface area contributed by atoms with Crippen molar-refractivity contribution >= 4 is 45.8 Å². The Hall–Kier alpha value is -2.69. The fraction of sp³-hybridized carbons (Fsp3) is 0.0476. The van der Waals surface area contributed by atoms with Gasteiger partial charge in [0.2, 0.25) is 0 Å². The standard InChI is InChI=1S/C21H11F3N2Se/c22-21(23,24)18-14-7-3-1-5-12(14)9-15-19(25-11-26-20(15)18)17-10-13-6-2-4-8-16(13)27-17/h1-11H/i2D,4D,6D,8D,11D. The van der Waals surface area contributed by atoms with Gasteiger partial charge in [0, 0.05) is 0 Å². The monoisotopic (exact) mass is 433 g/mol. The van der Waals surface area contributed by atoms with Crippen molar-refractivity contribution in [3.63, 3.8) is 0 Å². The summed E-state index contributed by atoms with van der Waals surface area (Å²) < 4.78 is 83.2. The van der Waals surface area contributed by atoms with Gasteiger partial charge < -0.3 is 0 Å². The summed E-state index contributed by atoms with van der Waals surface area (Å²) in [5, 5.41) is 0.762. The number of hydrogen-bond donors (Lipinski definition) is 0. The molecule has 0 aliphatic carbocycles. The van der Waals surface area contributed by atoms with Crippen molar-refractivity contribution in [3.05, 3.63) is 72.4 Å². The molecule has 2 nitrogen and oxygen atoms in total. The number of fused-ring (bicyclic) bond motifs is 3. The van der Waals surface area contributed by atoms with E-state index in [0.717, 1.165) is 0 Å². The van der Waals surface area contributed by atoms with Gasteiger partial charge in [-0.2, -0.15) is 0 Å². The predicted molar refractivity (Wildman–Crippen MR) is 102 cm³/mol. The van der Waals surface area contributed by atoms with E-state index in [0.29, 0.717) is 19.5 Å². The number of alkyl halides is 3. The molecule has 0 N–H and O–H groups in total. The summed E-state index contributed by atoms with van der Waals surface area (Å²) in [5.41, 5.74) is -1.17. The van der Waals surface area contributed by atoms with Crippen LogP contribution in [0.4, 0.5) is 13.2 Å². The zero-order valence-electron chi connectivity index (χ0n) is 18.4. The van der Waals surface area contributed by atoms with Gasteiger partial charge in [0.05, 0.1) is 0 Å². The molecular formula is C21H11F3N2Se. The summed E-state index contributed by atoms with van der Waals surface area (Å²) in [6, 6.07) is 8.06. The molecule has 3 aromatic carbocycles. The Labute approximate surface area is 165 Å². The molecule has 5 aromatic rings. The van der Waals surface area contributed by atoms with Crippen molar-refractivity contribution in [1.29, 1.82) is 0 Å². The SMILES string of the molecule is [2H]c1nc(-c2cc3c([2H])c([2H])c([2H])c([2H])c3[se]2)c2cc3ccccc3c(C(F)(F)F)c2n1. The van der Waals surface area contributed by atoms with E-state index in [-0.39, 0.29) is 46.2 Å². The molecule has 0 atom stereocenters. The van der Waals surface area contributed by atoms with E-state index in [1.807, 2.05) is 0 Å². The summed E-state index contributed by atoms with van der Waals surface area (Å²) in [5.74, 6) is 0. The Balaban J connectivity index is 1.94. The van der Waals surface area contributed by atoms with Gasteiger partial charge in [-0.3, -0.25) is 0 Å². The first-order valence-corrected chi connectivity index (χ1v) is 9.56. The Morgan fingerprint density at radius 1 is 0.926 bits per heavy atom. The number of hydrogen-bond acceptors (Lipinski definition) is 2. The Morgan fingerprint density at radius 3 is 2.59 bits per heavy atom. The van der Waals surface area contributed by atoms with Crippen LogP contribution in [-0.4, -0.2) is 24.5 Å². The first-order chi connectivity index (χ1) is 15.1. The van der Waals surface area contributed by atoms with Crippen LogP contribution >= 0.6 is 0 Å². The molecule has 0 fully saturated rings. The Kier molecular flexibility index (Phi) is 2.61. The molecule has 0 saturated heterocycles. The molecule has 6 heteroatoms. The van der Waals surface area contributed by atoms with Crippen molar-refractivity contribution in [2.24, 2.45) is 0 Å². The van der Waals surface area contributed by atoms with Crippen LogP contribution in [0.1, 0.15) is 12.4 Å². The van der Waals surface area contributed by atoms with Crippen LogP contribution < -0.4 is 0 Å². The van der Waals surface area contributed by atoms with Gasteiger partial charge in [0.1, 0.15) is 0 Å². The van der Waals surface area contributed by atoms with Crippen LogP contribution in [0.15, 0.2) is 66.9 Å². The third-order valence-corrected chi connectivity index (χ3v) is 6.50. The fourth-order valence-electron chi connectivity index (χ4n) is 3.17. The molecule has 0 bridgehead atoms. The molecule has 0 spiro atoms. The zero-order chi connectivity index (χ0) is 22.9. The maximum atomic E-state index is 14.1. The second-order valence-electron chi connectivity index (χ2n) is 5.89. The van der Waals surface area contributed by atoms with E-state index >= 15 is 0 Å². The van der Waals surface area contributed by atoms with Gasteiger partial charge in [-0.1, -0.05) is 0 Å². The normalized spacial score (nSPS) is 14.9. The fourth-order valence-corrected chi connectivity index (χ4v) is 5.21. The number of halogens is 3. The van der Waals surface area contributed by atoms with Crippen LogP contribution in [-0.2, 0) is 6.18 Å². The topological polar surface area (TPSA) is 25.8 Å². The Bertz CT molecular complexity index is 1540. The van der Waals surface area contributed by atoms with Crippen LogP contribution in [0.5, 0.6) is 0 Å². The average Bonchev–Trinajstić information content (AvgIpc) is 3.19. The maximum absolute atomic E-state index is 14.1. The third kappa shape index (κ3) is 2.64. The third-order valence-electron chi connectivity index (χ3n) is 4.29. The molecule has 0 aliphatic rings. The van der Waals surface area contributed by atoms with Gasteiger partial charge in [-0.05, 0) is 0 Å². The van der Waals surface area contributed by atoms with Gasteiger partial charge in [-0.25, -0.2) is 0 Å². The van der Waals surface area contributed by atoms with Crippen LogP contribution in [0, 0.1) is 0 Å². The van der Waals surface area contributed by atoms with Crippen LogP contribution in [0.2, 0.25) is 0 Å². The summed E-state index contributed by atoms with van der Waals surface area (Å²) in [6.07, 6.45) is -5.28. The van der Waals surface area contributed by atoms with Gasteiger partial charge >= 0.3 is 165 Å². The van der Waals surface area contributed by atoms with Crippen LogP contribution in [0.25, 0.3) is 41.5 Å². The first kappa shape index (κ1) is 11.9. The zero-order valence-corrected chi connectivity index (χ0v) is 15.1. The number of nitrogens with zero attached hydrogens (tertiary/aromatic N) is 2. The molecule has 2 heterocycles. The second-order valence-corrected chi connectivity index (χ2v) is 8.10. The predicted octanol–water partition coefficient (Wildman–Crippen LogP) is 5.68. The van der Waals surface area contributed by atoms with Crippen molar-refractivity contribution in [2.45, 2.75) is 6.18 Å². The van der Waals surface area contributed by atoms with E-state index in [1.54, 1.807) is 18.2 Å². The molecule has 27 heavy (non-hydrogen) atoms. The minimum atomic E-state index is -4.71. The molecule has 0 aliphatic heterocycles. The van der Waals surface area contributed by atoms with E-state index in [9.17, 15) is 13.2 Å². The van der Waals surface area contributed by atoms with Gasteiger partial charge in [-0.15, -0.1) is 0 Å². The second kappa shape index (κ2) is 5.91. The van der Waals surface area contributed by atoms with Gasteiger partial charge in [0.25, 0.3) is 0 Å². The first-order valence-electron chi connectivity index (χ1n) is 10.4.